The van der Waals surface area contributed by atoms with Crippen LogP contribution < -0.4 is 5.73 Å². The van der Waals surface area contributed by atoms with E-state index >= 15 is 0 Å². The normalized spacial score (nSPS) is 13.7. The molecule has 0 aromatic heterocycles. The molecule has 0 fully saturated rings. The highest BCUT2D eigenvalue weighted by Crippen LogP contribution is 2.43. The predicted molar refractivity (Wildman–Crippen MR) is 302 cm³/mol. The Morgan fingerprint density at radius 3 is 1.15 bits per heavy atom. The predicted octanol–water partition coefficient (Wildman–Crippen LogP) is 18.3. The van der Waals surface area contributed by atoms with Gasteiger partial charge in [-0.2, -0.15) is 0 Å². The van der Waals surface area contributed by atoms with Crippen LogP contribution in [0.5, 0.6) is 0 Å². The Bertz CT molecular complexity index is 1440. The number of phosphoric ester groups is 1. The first-order valence-corrected chi connectivity index (χ1v) is 30.6. The van der Waals surface area contributed by atoms with Crippen LogP contribution in [-0.2, 0) is 32.7 Å². The van der Waals surface area contributed by atoms with Crippen LogP contribution in [0.4, 0.5) is 0 Å². The highest BCUT2D eigenvalue weighted by Gasteiger charge is 2.26. The number of esters is 2. The van der Waals surface area contributed by atoms with Crippen molar-refractivity contribution in [1.29, 1.82) is 0 Å². The molecule has 0 bridgehead atoms. The monoisotopic (exact) mass is 1010 g/mol. The lowest BCUT2D eigenvalue weighted by molar-refractivity contribution is -0.161. The summed E-state index contributed by atoms with van der Waals surface area (Å²) in [6.45, 7) is 3.62. The van der Waals surface area contributed by atoms with Gasteiger partial charge in [0.1, 0.15) is 6.61 Å². The van der Waals surface area contributed by atoms with Crippen LogP contribution in [-0.4, -0.2) is 49.3 Å². The zero-order valence-electron chi connectivity index (χ0n) is 45.7. The van der Waals surface area contributed by atoms with Gasteiger partial charge in [-0.1, -0.05) is 240 Å². The molecule has 0 saturated heterocycles. The number of carbonyl (C=O) groups is 2. The molecule has 71 heavy (non-hydrogen) atoms. The van der Waals surface area contributed by atoms with Crippen molar-refractivity contribution in [2.75, 3.05) is 26.4 Å². The second-order valence-electron chi connectivity index (χ2n) is 19.1. The van der Waals surface area contributed by atoms with Gasteiger partial charge in [-0.15, -0.1) is 0 Å². The lowest BCUT2D eigenvalue weighted by Gasteiger charge is -2.19. The van der Waals surface area contributed by atoms with E-state index in [0.29, 0.717) is 6.42 Å². The number of nitrogens with two attached hydrogens (primary N) is 1. The second-order valence-corrected chi connectivity index (χ2v) is 20.6. The van der Waals surface area contributed by atoms with E-state index in [1.54, 1.807) is 0 Å². The van der Waals surface area contributed by atoms with Crippen molar-refractivity contribution in [3.8, 4) is 0 Å². The number of allylic oxidation sites excluding steroid dienone is 14. The Hall–Kier alpha value is -2.81. The van der Waals surface area contributed by atoms with E-state index in [4.69, 9.17) is 24.3 Å². The molecule has 0 aromatic carbocycles. The lowest BCUT2D eigenvalue weighted by atomic mass is 10.0. The molecule has 10 heteroatoms. The quantitative estimate of drug-likeness (QED) is 0.0264. The molecule has 0 amide bonds. The number of carbonyl (C=O) groups excluding carboxylic acids is 2. The van der Waals surface area contributed by atoms with Crippen molar-refractivity contribution in [1.82, 2.24) is 0 Å². The van der Waals surface area contributed by atoms with Crippen LogP contribution >= 0.6 is 7.82 Å². The molecule has 0 heterocycles. The van der Waals surface area contributed by atoms with Gasteiger partial charge in [0.2, 0.25) is 0 Å². The number of ether oxygens (including phenoxy) is 2. The van der Waals surface area contributed by atoms with Gasteiger partial charge in [-0.05, 0) is 89.9 Å². The Kier molecular flexibility index (Phi) is 54.2. The molecule has 0 saturated carbocycles. The van der Waals surface area contributed by atoms with Gasteiger partial charge in [0.25, 0.3) is 0 Å². The Balaban J connectivity index is 3.99. The third-order valence-electron chi connectivity index (χ3n) is 12.3. The van der Waals surface area contributed by atoms with E-state index in [1.165, 1.54) is 141 Å². The highest BCUT2D eigenvalue weighted by atomic mass is 31.2. The molecule has 410 valence electrons. The second kappa shape index (κ2) is 56.5. The summed E-state index contributed by atoms with van der Waals surface area (Å²) in [5.74, 6) is -0.838. The van der Waals surface area contributed by atoms with Crippen molar-refractivity contribution in [3.05, 3.63) is 85.1 Å². The van der Waals surface area contributed by atoms with Gasteiger partial charge >= 0.3 is 19.8 Å². The molecule has 9 nitrogen and oxygen atoms in total. The molecule has 2 atom stereocenters. The Morgan fingerprint density at radius 2 is 0.775 bits per heavy atom. The van der Waals surface area contributed by atoms with Crippen molar-refractivity contribution >= 4 is 19.8 Å². The average Bonchev–Trinajstić information content (AvgIpc) is 3.36. The number of phosphoric acid groups is 1. The molecule has 0 radical (unpaired) electrons. The van der Waals surface area contributed by atoms with Crippen LogP contribution in [0.25, 0.3) is 0 Å². The fourth-order valence-electron chi connectivity index (χ4n) is 7.99. The number of hydrogen-bond donors (Lipinski definition) is 2. The molecule has 0 aliphatic heterocycles. The lowest BCUT2D eigenvalue weighted by Crippen LogP contribution is -2.29. The first kappa shape index (κ1) is 68.2. The fraction of sp³-hybridized carbons (Fsp3) is 0.738. The summed E-state index contributed by atoms with van der Waals surface area (Å²) in [5.41, 5.74) is 5.38. The SMILES string of the molecule is CC/C=C\C/C=C\C/C=C\C/C=C\C/C=C\CCCCCCCCCC(=O)OC(COC(=O)CCCCCCCCCCCCCCCCC/C=C\C/C=C\CCCCCCC)COP(=O)(O)OCCN. The van der Waals surface area contributed by atoms with Crippen molar-refractivity contribution < 1.29 is 37.6 Å². The van der Waals surface area contributed by atoms with Gasteiger partial charge in [0.15, 0.2) is 6.10 Å². The van der Waals surface area contributed by atoms with Gasteiger partial charge in [-0.3, -0.25) is 18.6 Å². The smallest absolute Gasteiger partial charge is 0.462 e. The van der Waals surface area contributed by atoms with Crippen molar-refractivity contribution in [2.45, 2.75) is 264 Å². The van der Waals surface area contributed by atoms with Crippen LogP contribution in [0.2, 0.25) is 0 Å². The Labute approximate surface area is 436 Å². The third kappa shape index (κ3) is 56.3. The van der Waals surface area contributed by atoms with Crippen LogP contribution in [0, 0.1) is 0 Å². The summed E-state index contributed by atoms with van der Waals surface area (Å²) in [5, 5.41) is 0. The van der Waals surface area contributed by atoms with E-state index in [2.05, 4.69) is 98.9 Å². The summed E-state index contributed by atoms with van der Waals surface area (Å²) in [4.78, 5) is 35.2. The summed E-state index contributed by atoms with van der Waals surface area (Å²) in [6, 6.07) is 0. The maximum atomic E-state index is 12.7. The van der Waals surface area contributed by atoms with E-state index in [1.807, 2.05) is 0 Å². The number of hydrogen-bond acceptors (Lipinski definition) is 8. The Morgan fingerprint density at radius 1 is 0.437 bits per heavy atom. The van der Waals surface area contributed by atoms with Gasteiger partial charge in [-0.25, -0.2) is 4.57 Å². The molecule has 2 unspecified atom stereocenters. The zero-order valence-corrected chi connectivity index (χ0v) is 46.6. The minimum absolute atomic E-state index is 0.0481. The topological polar surface area (TPSA) is 134 Å². The molecule has 0 spiro atoms. The van der Waals surface area contributed by atoms with Crippen LogP contribution in [0.1, 0.15) is 258 Å². The van der Waals surface area contributed by atoms with E-state index in [0.717, 1.165) is 83.5 Å². The summed E-state index contributed by atoms with van der Waals surface area (Å²) in [7, 11) is -4.40. The molecular formula is C61H108NO8P. The number of unbranched alkanes of at least 4 members (excludes halogenated alkanes) is 27. The molecule has 0 aromatic rings. The minimum atomic E-state index is -4.40. The molecule has 0 rings (SSSR count). The molecule has 0 aliphatic rings. The minimum Gasteiger partial charge on any atom is -0.462 e. The summed E-state index contributed by atoms with van der Waals surface area (Å²) < 4.78 is 33.0. The maximum absolute atomic E-state index is 12.7. The summed E-state index contributed by atoms with van der Waals surface area (Å²) in [6.07, 6.45) is 73.5. The summed E-state index contributed by atoms with van der Waals surface area (Å²) >= 11 is 0. The van der Waals surface area contributed by atoms with Crippen LogP contribution in [0.3, 0.4) is 0 Å². The highest BCUT2D eigenvalue weighted by molar-refractivity contribution is 7.47. The van der Waals surface area contributed by atoms with Crippen LogP contribution in [0.15, 0.2) is 85.1 Å². The first-order valence-electron chi connectivity index (χ1n) is 29.1. The standard InChI is InChI=1S/C61H108NO8P/c1-3-5-7-9-11-13-15-17-19-21-23-25-27-28-29-30-32-33-35-37-39-41-43-45-47-49-51-53-60(63)67-57-59(58-69-71(65,66)68-56-55-62)70-61(64)54-52-50-48-46-44-42-40-38-36-34-31-26-24-22-20-18-16-14-12-10-8-6-4-2/h6,8,12,14-15,17-18,20-21,23-24,26,34,36,59H,3-5,7,9-11,13,16,19,22,25,27-33,35,37-58,62H2,1-2H3,(H,65,66)/b8-6-,14-12-,17-15-,20-18-,23-21-,26-24-,36-34-. The van der Waals surface area contributed by atoms with E-state index in [9.17, 15) is 19.0 Å². The average molecular weight is 1010 g/mol. The van der Waals surface area contributed by atoms with E-state index < -0.39 is 26.5 Å². The van der Waals surface area contributed by atoms with Crippen molar-refractivity contribution in [2.24, 2.45) is 5.73 Å². The number of rotatable bonds is 54. The molecule has 0 aliphatic carbocycles. The molecular weight excluding hydrogens is 906 g/mol. The fourth-order valence-corrected chi connectivity index (χ4v) is 8.75. The molecule has 3 N–H and O–H groups in total. The first-order chi connectivity index (χ1) is 34.8. The van der Waals surface area contributed by atoms with Gasteiger partial charge in [0, 0.05) is 19.4 Å². The third-order valence-corrected chi connectivity index (χ3v) is 13.2. The van der Waals surface area contributed by atoms with Crippen molar-refractivity contribution in [3.63, 3.8) is 0 Å². The zero-order chi connectivity index (χ0) is 51.7. The largest absolute Gasteiger partial charge is 0.472 e. The van der Waals surface area contributed by atoms with Gasteiger partial charge in [0.05, 0.1) is 13.2 Å². The maximum Gasteiger partial charge on any atom is 0.472 e. The van der Waals surface area contributed by atoms with Gasteiger partial charge < -0.3 is 20.1 Å². The van der Waals surface area contributed by atoms with E-state index in [-0.39, 0.29) is 38.6 Å².